The zero-order chi connectivity index (χ0) is 35.0. The van der Waals surface area contributed by atoms with Gasteiger partial charge >= 0.3 is 0 Å². The number of nitrogens with zero attached hydrogens (tertiary/aromatic N) is 2. The number of anilines is 1. The van der Waals surface area contributed by atoms with Gasteiger partial charge in [0.25, 0.3) is 0 Å². The third-order valence-corrected chi connectivity index (χ3v) is 9.56. The zero-order valence-electron chi connectivity index (χ0n) is 28.6. The third kappa shape index (κ3) is 6.55. The molecule has 6 nitrogen and oxygen atoms in total. The van der Waals surface area contributed by atoms with Crippen molar-refractivity contribution in [3.8, 4) is 28.4 Å². The SMILES string of the molecule is CC1(C)CC(=O)C2=C(C1)Nc1c(c(-c3ccccc3)nn1-c1cccc(F)c1)C2c1ccc(OCc2ccccc2)c(OCc2ccccc2)c1. The second-order valence-electron chi connectivity index (χ2n) is 14.0. The standard InChI is InChI=1S/C44H38FN3O3/c1-44(2)25-35-40(36(49)26-44)39(41-42(31-17-10-5-11-18-31)47-48(43(41)46-35)34-20-12-19-33(45)24-34)32-21-22-37(50-27-29-13-6-3-7-14-29)38(23-32)51-28-30-15-8-4-9-16-30/h3-24,39,46H,25-28H2,1-2H3. The predicted octanol–water partition coefficient (Wildman–Crippen LogP) is 10.0. The molecule has 0 fully saturated rings. The molecule has 1 N–H and O–H groups in total. The molecule has 0 bridgehead atoms. The Labute approximate surface area is 297 Å². The van der Waals surface area contributed by atoms with E-state index in [0.717, 1.165) is 39.1 Å². The van der Waals surface area contributed by atoms with Crippen LogP contribution >= 0.6 is 0 Å². The quantitative estimate of drug-likeness (QED) is 0.165. The lowest BCUT2D eigenvalue weighted by Gasteiger charge is -2.39. The van der Waals surface area contributed by atoms with E-state index in [4.69, 9.17) is 14.6 Å². The molecule has 0 saturated carbocycles. The normalized spacial score (nSPS) is 16.2. The Morgan fingerprint density at radius 1 is 0.765 bits per heavy atom. The lowest BCUT2D eigenvalue weighted by molar-refractivity contribution is -0.118. The van der Waals surface area contributed by atoms with Crippen molar-refractivity contribution in [2.75, 3.05) is 5.32 Å². The summed E-state index contributed by atoms with van der Waals surface area (Å²) in [7, 11) is 0. The Bertz CT molecular complexity index is 2240. The van der Waals surface area contributed by atoms with E-state index >= 15 is 0 Å². The minimum atomic E-state index is -0.473. The molecule has 6 aromatic rings. The van der Waals surface area contributed by atoms with Crippen molar-refractivity contribution >= 4 is 11.6 Å². The van der Waals surface area contributed by atoms with Gasteiger partial charge in [0.15, 0.2) is 17.3 Å². The molecule has 51 heavy (non-hydrogen) atoms. The Balaban J connectivity index is 1.31. The Kier molecular flexibility index (Phi) is 8.48. The van der Waals surface area contributed by atoms with Gasteiger partial charge in [0.05, 0.1) is 11.4 Å². The molecule has 1 unspecified atom stereocenters. The van der Waals surface area contributed by atoms with E-state index in [9.17, 15) is 9.18 Å². The fourth-order valence-corrected chi connectivity index (χ4v) is 7.24. The van der Waals surface area contributed by atoms with Crippen molar-refractivity contribution < 1.29 is 18.7 Å². The van der Waals surface area contributed by atoms with E-state index in [1.165, 1.54) is 12.1 Å². The number of fused-ring (bicyclic) bond motifs is 1. The molecule has 8 rings (SSSR count). The molecular formula is C44H38FN3O3. The lowest BCUT2D eigenvalue weighted by Crippen LogP contribution is -2.34. The van der Waals surface area contributed by atoms with Crippen molar-refractivity contribution in [2.45, 2.75) is 45.8 Å². The molecule has 1 atom stereocenters. The number of hydrogen-bond donors (Lipinski definition) is 1. The Morgan fingerprint density at radius 2 is 1.41 bits per heavy atom. The van der Waals surface area contributed by atoms with Crippen molar-refractivity contribution in [3.05, 3.63) is 173 Å². The average Bonchev–Trinajstić information content (AvgIpc) is 3.52. The van der Waals surface area contributed by atoms with Gasteiger partial charge in [-0.05, 0) is 58.9 Å². The molecule has 0 saturated heterocycles. The van der Waals surface area contributed by atoms with Crippen LogP contribution in [0.1, 0.15) is 54.9 Å². The van der Waals surface area contributed by atoms with E-state index < -0.39 is 5.92 Å². The average molecular weight is 676 g/mol. The zero-order valence-corrected chi connectivity index (χ0v) is 28.6. The van der Waals surface area contributed by atoms with Gasteiger partial charge in [0.1, 0.15) is 24.8 Å². The molecule has 7 heteroatoms. The summed E-state index contributed by atoms with van der Waals surface area (Å²) in [6.07, 6.45) is 1.10. The number of ketones is 1. The van der Waals surface area contributed by atoms with Gasteiger partial charge in [-0.25, -0.2) is 9.07 Å². The summed E-state index contributed by atoms with van der Waals surface area (Å²) >= 11 is 0. The predicted molar refractivity (Wildman–Crippen MR) is 197 cm³/mol. The molecule has 0 radical (unpaired) electrons. The van der Waals surface area contributed by atoms with Gasteiger partial charge in [-0.1, -0.05) is 117 Å². The van der Waals surface area contributed by atoms with Crippen LogP contribution in [0.15, 0.2) is 145 Å². The van der Waals surface area contributed by atoms with Gasteiger partial charge in [-0.15, -0.1) is 0 Å². The van der Waals surface area contributed by atoms with E-state index in [-0.39, 0.29) is 17.0 Å². The van der Waals surface area contributed by atoms with Gasteiger partial charge < -0.3 is 14.8 Å². The number of halogens is 1. The third-order valence-electron chi connectivity index (χ3n) is 9.56. The highest BCUT2D eigenvalue weighted by molar-refractivity contribution is 6.02. The fourth-order valence-electron chi connectivity index (χ4n) is 7.24. The highest BCUT2D eigenvalue weighted by atomic mass is 19.1. The molecule has 254 valence electrons. The maximum absolute atomic E-state index is 14.7. The number of aromatic nitrogens is 2. The van der Waals surface area contributed by atoms with Gasteiger partial charge in [-0.3, -0.25) is 4.79 Å². The van der Waals surface area contributed by atoms with E-state index in [0.29, 0.717) is 54.8 Å². The maximum Gasteiger partial charge on any atom is 0.162 e. The summed E-state index contributed by atoms with van der Waals surface area (Å²) < 4.78 is 29.4. The first-order chi connectivity index (χ1) is 24.8. The lowest BCUT2D eigenvalue weighted by atomic mass is 9.69. The molecule has 2 aliphatic rings. The summed E-state index contributed by atoms with van der Waals surface area (Å²) in [5, 5.41) is 8.79. The van der Waals surface area contributed by atoms with E-state index in [1.807, 2.05) is 115 Å². The number of ether oxygens (including phenoxy) is 2. The fraction of sp³-hybridized carbons (Fsp3) is 0.182. The van der Waals surface area contributed by atoms with Crippen LogP contribution in [0.5, 0.6) is 11.5 Å². The molecular weight excluding hydrogens is 638 g/mol. The summed E-state index contributed by atoms with van der Waals surface area (Å²) in [5.74, 6) is 1.17. The molecule has 0 amide bonds. The first kappa shape index (κ1) is 32.3. The first-order valence-corrected chi connectivity index (χ1v) is 17.3. The van der Waals surface area contributed by atoms with Crippen LogP contribution in [0.4, 0.5) is 10.2 Å². The van der Waals surface area contributed by atoms with Crippen LogP contribution in [0.25, 0.3) is 16.9 Å². The molecule has 1 aromatic heterocycles. The monoisotopic (exact) mass is 675 g/mol. The van der Waals surface area contributed by atoms with Crippen LogP contribution < -0.4 is 14.8 Å². The first-order valence-electron chi connectivity index (χ1n) is 17.3. The van der Waals surface area contributed by atoms with Crippen molar-refractivity contribution in [1.29, 1.82) is 0 Å². The number of carbonyl (C=O) groups excluding carboxylic acids is 1. The number of allylic oxidation sites excluding steroid dienone is 2. The number of rotatable bonds is 9. The summed E-state index contributed by atoms with van der Waals surface area (Å²) in [6, 6.07) is 42.4. The van der Waals surface area contributed by atoms with E-state index in [1.54, 1.807) is 10.7 Å². The summed E-state index contributed by atoms with van der Waals surface area (Å²) in [4.78, 5) is 14.3. The smallest absolute Gasteiger partial charge is 0.162 e. The molecule has 1 aliphatic heterocycles. The van der Waals surface area contributed by atoms with Gasteiger partial charge in [0, 0.05) is 34.7 Å². The highest BCUT2D eigenvalue weighted by Gasteiger charge is 2.44. The van der Waals surface area contributed by atoms with Gasteiger partial charge in [-0.2, -0.15) is 5.10 Å². The largest absolute Gasteiger partial charge is 0.485 e. The van der Waals surface area contributed by atoms with Crippen LogP contribution in [0, 0.1) is 11.2 Å². The number of Topliss-reactive ketones (excluding diaryl/α,β-unsaturated/α-hetero) is 1. The van der Waals surface area contributed by atoms with Crippen molar-refractivity contribution in [2.24, 2.45) is 5.41 Å². The second-order valence-corrected chi connectivity index (χ2v) is 14.0. The van der Waals surface area contributed by atoms with E-state index in [2.05, 4.69) is 19.2 Å². The Morgan fingerprint density at radius 3 is 2.08 bits per heavy atom. The number of nitrogens with one attached hydrogen (secondary N) is 1. The molecule has 2 heterocycles. The second kappa shape index (κ2) is 13.4. The summed E-state index contributed by atoms with van der Waals surface area (Å²) in [6.45, 7) is 4.96. The van der Waals surface area contributed by atoms with Crippen LogP contribution in [0.2, 0.25) is 0 Å². The van der Waals surface area contributed by atoms with Crippen LogP contribution in [-0.2, 0) is 18.0 Å². The van der Waals surface area contributed by atoms with Crippen LogP contribution in [0.3, 0.4) is 0 Å². The number of hydrogen-bond acceptors (Lipinski definition) is 5. The van der Waals surface area contributed by atoms with Gasteiger partial charge in [0.2, 0.25) is 0 Å². The molecule has 0 spiro atoms. The Hall–Kier alpha value is -5.95. The van der Waals surface area contributed by atoms with Crippen molar-refractivity contribution in [3.63, 3.8) is 0 Å². The number of carbonyl (C=O) groups is 1. The minimum absolute atomic E-state index is 0.0954. The highest BCUT2D eigenvalue weighted by Crippen LogP contribution is 2.53. The summed E-state index contributed by atoms with van der Waals surface area (Å²) in [5.41, 5.74) is 7.34. The minimum Gasteiger partial charge on any atom is -0.485 e. The number of benzene rings is 5. The molecule has 1 aliphatic carbocycles. The van der Waals surface area contributed by atoms with Crippen LogP contribution in [-0.4, -0.2) is 15.6 Å². The maximum atomic E-state index is 14.7. The topological polar surface area (TPSA) is 65.4 Å². The molecule has 5 aromatic carbocycles. The van der Waals surface area contributed by atoms with Crippen molar-refractivity contribution in [1.82, 2.24) is 9.78 Å².